The number of piperidine rings is 1. The van der Waals surface area contributed by atoms with Gasteiger partial charge in [0.15, 0.2) is 5.78 Å². The summed E-state index contributed by atoms with van der Waals surface area (Å²) >= 11 is 0. The molecule has 3 nitrogen and oxygen atoms in total. The molecule has 1 spiro atoms. The molecule has 0 unspecified atom stereocenters. The van der Waals surface area contributed by atoms with Crippen molar-refractivity contribution in [1.29, 1.82) is 0 Å². The summed E-state index contributed by atoms with van der Waals surface area (Å²) in [5.41, 5.74) is 1.62. The molecule has 1 N–H and O–H groups in total. The van der Waals surface area contributed by atoms with Crippen LogP contribution in [0.4, 0.5) is 5.69 Å². The lowest BCUT2D eigenvalue weighted by molar-refractivity contribution is 0.0849. The van der Waals surface area contributed by atoms with Gasteiger partial charge in [-0.05, 0) is 37.9 Å². The number of ketones is 1. The number of carbonyl (C=O) groups excluding carboxylic acids is 1. The van der Waals surface area contributed by atoms with Crippen LogP contribution in [0.25, 0.3) is 0 Å². The van der Waals surface area contributed by atoms with Crippen molar-refractivity contribution in [3.8, 4) is 0 Å². The van der Waals surface area contributed by atoms with Gasteiger partial charge in [0.05, 0.1) is 0 Å². The van der Waals surface area contributed by atoms with Crippen molar-refractivity contribution in [2.75, 3.05) is 18.4 Å². The van der Waals surface area contributed by atoms with Gasteiger partial charge in [0.2, 0.25) is 0 Å². The summed E-state index contributed by atoms with van der Waals surface area (Å²) in [6.07, 6.45) is 4.67. The van der Waals surface area contributed by atoms with Crippen molar-refractivity contribution in [3.05, 3.63) is 29.8 Å². The predicted molar refractivity (Wildman–Crippen MR) is 71.0 cm³/mol. The number of benzene rings is 1. The molecule has 2 fully saturated rings. The maximum Gasteiger partial charge on any atom is 0.191 e. The van der Waals surface area contributed by atoms with Crippen LogP contribution in [0.2, 0.25) is 0 Å². The van der Waals surface area contributed by atoms with Crippen LogP contribution in [-0.4, -0.2) is 35.4 Å². The lowest BCUT2D eigenvalue weighted by Gasteiger charge is -2.37. The van der Waals surface area contributed by atoms with E-state index >= 15 is 0 Å². The number of nitrogens with one attached hydrogen (secondary N) is 1. The summed E-state index contributed by atoms with van der Waals surface area (Å²) in [7, 11) is 0. The number of rotatable bonds is 0. The first-order valence-corrected chi connectivity index (χ1v) is 6.97. The van der Waals surface area contributed by atoms with E-state index in [9.17, 15) is 4.79 Å². The second-order valence-electron chi connectivity index (χ2n) is 5.77. The van der Waals surface area contributed by atoms with Crippen LogP contribution in [0.5, 0.6) is 0 Å². The van der Waals surface area contributed by atoms with E-state index in [4.69, 9.17) is 0 Å². The average molecular weight is 242 g/mol. The number of carbonyl (C=O) groups is 1. The lowest BCUT2D eigenvalue weighted by atomic mass is 9.82. The number of hydrogen-bond donors (Lipinski definition) is 1. The van der Waals surface area contributed by atoms with E-state index in [1.165, 1.54) is 12.8 Å². The van der Waals surface area contributed by atoms with Crippen LogP contribution in [0.3, 0.4) is 0 Å². The van der Waals surface area contributed by atoms with Crippen molar-refractivity contribution < 1.29 is 4.79 Å². The van der Waals surface area contributed by atoms with E-state index < -0.39 is 0 Å². The van der Waals surface area contributed by atoms with Crippen LogP contribution in [0.1, 0.15) is 36.0 Å². The first kappa shape index (κ1) is 10.6. The van der Waals surface area contributed by atoms with Crippen molar-refractivity contribution in [1.82, 2.24) is 4.90 Å². The van der Waals surface area contributed by atoms with E-state index in [1.807, 2.05) is 24.3 Å². The predicted octanol–water partition coefficient (Wildman–Crippen LogP) is 2.29. The summed E-state index contributed by atoms with van der Waals surface area (Å²) in [5, 5.41) is 3.57. The summed E-state index contributed by atoms with van der Waals surface area (Å²) in [4.78, 5) is 15.3. The molecule has 0 aliphatic carbocycles. The van der Waals surface area contributed by atoms with Gasteiger partial charge in [-0.25, -0.2) is 0 Å². The third-order valence-corrected chi connectivity index (χ3v) is 4.91. The number of para-hydroxylation sites is 1. The highest BCUT2D eigenvalue weighted by molar-refractivity contribution is 6.14. The minimum absolute atomic E-state index is 0.315. The summed E-state index contributed by atoms with van der Waals surface area (Å²) in [6.45, 7) is 2.23. The molecular formula is C15H18N2O. The molecule has 2 saturated heterocycles. The first-order valence-electron chi connectivity index (χ1n) is 6.97. The average Bonchev–Trinajstić information content (AvgIpc) is 2.92. The molecule has 3 heteroatoms. The highest BCUT2D eigenvalue weighted by atomic mass is 16.1. The van der Waals surface area contributed by atoms with Crippen LogP contribution < -0.4 is 5.32 Å². The van der Waals surface area contributed by atoms with E-state index in [-0.39, 0.29) is 5.54 Å². The van der Waals surface area contributed by atoms with Gasteiger partial charge < -0.3 is 5.32 Å². The fourth-order valence-electron chi connectivity index (χ4n) is 4.04. The third kappa shape index (κ3) is 1.20. The fourth-order valence-corrected chi connectivity index (χ4v) is 4.04. The molecular weight excluding hydrogens is 224 g/mol. The van der Waals surface area contributed by atoms with Gasteiger partial charge in [0.1, 0.15) is 5.54 Å². The smallest absolute Gasteiger partial charge is 0.191 e. The Morgan fingerprint density at radius 1 is 1.22 bits per heavy atom. The Hall–Kier alpha value is -1.35. The summed E-state index contributed by atoms with van der Waals surface area (Å²) in [6, 6.07) is 8.38. The second-order valence-corrected chi connectivity index (χ2v) is 5.77. The van der Waals surface area contributed by atoms with Crippen LogP contribution in [0, 0.1) is 0 Å². The Labute approximate surface area is 107 Å². The molecule has 1 aromatic carbocycles. The molecule has 94 valence electrons. The zero-order valence-electron chi connectivity index (χ0n) is 10.5. The largest absolute Gasteiger partial charge is 0.371 e. The molecule has 0 saturated carbocycles. The molecule has 4 rings (SSSR count). The van der Waals surface area contributed by atoms with Crippen molar-refractivity contribution in [2.45, 2.75) is 37.3 Å². The fraction of sp³-hybridized carbons (Fsp3) is 0.533. The van der Waals surface area contributed by atoms with Gasteiger partial charge in [0.25, 0.3) is 0 Å². The van der Waals surface area contributed by atoms with Crippen molar-refractivity contribution in [3.63, 3.8) is 0 Å². The molecule has 0 radical (unpaired) electrons. The van der Waals surface area contributed by atoms with Crippen LogP contribution >= 0.6 is 0 Å². The van der Waals surface area contributed by atoms with Crippen molar-refractivity contribution in [2.24, 2.45) is 0 Å². The van der Waals surface area contributed by atoms with E-state index in [0.29, 0.717) is 11.8 Å². The van der Waals surface area contributed by atoms with Gasteiger partial charge in [0, 0.05) is 23.8 Å². The third-order valence-electron chi connectivity index (χ3n) is 4.91. The summed E-state index contributed by atoms with van der Waals surface area (Å²) in [5.74, 6) is 0.326. The number of fused-ring (bicyclic) bond motifs is 3. The summed E-state index contributed by atoms with van der Waals surface area (Å²) < 4.78 is 0. The number of Topliss-reactive ketones (excluding diaryl/α,β-unsaturated/α-hetero) is 1. The Morgan fingerprint density at radius 2 is 2.11 bits per heavy atom. The highest BCUT2D eigenvalue weighted by Crippen LogP contribution is 2.44. The van der Waals surface area contributed by atoms with E-state index in [2.05, 4.69) is 10.2 Å². The van der Waals surface area contributed by atoms with Crippen molar-refractivity contribution >= 4 is 11.5 Å². The zero-order chi connectivity index (χ0) is 12.2. The van der Waals surface area contributed by atoms with Gasteiger partial charge in [-0.2, -0.15) is 0 Å². The molecule has 0 aromatic heterocycles. The molecule has 2 atom stereocenters. The normalized spacial score (nSPS) is 34.4. The molecule has 3 aliphatic heterocycles. The molecule has 0 bridgehead atoms. The molecule has 1 aromatic rings. The van der Waals surface area contributed by atoms with Gasteiger partial charge in [-0.15, -0.1) is 0 Å². The standard InChI is InChI=1S/C15H18N2O/c18-14-11-5-1-2-6-12(11)16-15(14)8-10-17-9-4-3-7-13(15)17/h1-2,5-6,13,16H,3-4,7-10H2/t13-,15-/m0/s1. The SMILES string of the molecule is O=C1c2ccccc2N[C@]12CCN1CCCC[C@H]12. The molecule has 3 aliphatic rings. The Kier molecular flexibility index (Phi) is 2.10. The first-order chi connectivity index (χ1) is 8.81. The Balaban J connectivity index is 1.76. The minimum Gasteiger partial charge on any atom is -0.371 e. The quantitative estimate of drug-likeness (QED) is 0.757. The maximum absolute atomic E-state index is 12.8. The van der Waals surface area contributed by atoms with Crippen LogP contribution in [0.15, 0.2) is 24.3 Å². The monoisotopic (exact) mass is 242 g/mol. The lowest BCUT2D eigenvalue weighted by Crippen LogP contribution is -2.54. The minimum atomic E-state index is -0.315. The number of hydrogen-bond acceptors (Lipinski definition) is 3. The second kappa shape index (κ2) is 3.58. The van der Waals surface area contributed by atoms with E-state index in [0.717, 1.165) is 37.2 Å². The molecule has 18 heavy (non-hydrogen) atoms. The number of nitrogens with zero attached hydrogens (tertiary/aromatic N) is 1. The van der Waals surface area contributed by atoms with Gasteiger partial charge >= 0.3 is 0 Å². The molecule has 3 heterocycles. The molecule has 0 amide bonds. The topological polar surface area (TPSA) is 32.3 Å². The number of anilines is 1. The highest BCUT2D eigenvalue weighted by Gasteiger charge is 2.56. The Morgan fingerprint density at radius 3 is 3.00 bits per heavy atom. The maximum atomic E-state index is 12.8. The zero-order valence-corrected chi connectivity index (χ0v) is 10.5. The van der Waals surface area contributed by atoms with Gasteiger partial charge in [-0.3, -0.25) is 9.69 Å². The van der Waals surface area contributed by atoms with Gasteiger partial charge in [-0.1, -0.05) is 18.6 Å². The Bertz CT molecular complexity index is 513. The van der Waals surface area contributed by atoms with E-state index in [1.54, 1.807) is 0 Å². The van der Waals surface area contributed by atoms with Crippen LogP contribution in [-0.2, 0) is 0 Å².